The van der Waals surface area contributed by atoms with E-state index < -0.39 is 0 Å². The average Bonchev–Trinajstić information content (AvgIpc) is 3.17. The summed E-state index contributed by atoms with van der Waals surface area (Å²) < 4.78 is 6.20. The number of pyridine rings is 3. The summed E-state index contributed by atoms with van der Waals surface area (Å²) in [6, 6.07) is 23.0. The van der Waals surface area contributed by atoms with Crippen LogP contribution in [0.2, 0.25) is 0 Å². The van der Waals surface area contributed by atoms with Gasteiger partial charge in [0.25, 0.3) is 0 Å². The van der Waals surface area contributed by atoms with Crippen LogP contribution in [-0.4, -0.2) is 15.0 Å². The number of rotatable bonds is 2. The Labute approximate surface area is 185 Å². The van der Waals surface area contributed by atoms with Gasteiger partial charge in [-0.05, 0) is 79.9 Å². The molecular formula is C28H21N3O. The van der Waals surface area contributed by atoms with Gasteiger partial charge >= 0.3 is 0 Å². The molecule has 0 fully saturated rings. The lowest BCUT2D eigenvalue weighted by atomic mass is 9.97. The molecule has 6 aromatic rings. The van der Waals surface area contributed by atoms with E-state index in [0.29, 0.717) is 5.71 Å². The topological polar surface area (TPSA) is 51.8 Å². The molecule has 0 aliphatic heterocycles. The van der Waals surface area contributed by atoms with Gasteiger partial charge < -0.3 is 4.42 Å². The number of aryl methyl sites for hydroxylation is 3. The van der Waals surface area contributed by atoms with Crippen molar-refractivity contribution in [3.63, 3.8) is 0 Å². The van der Waals surface area contributed by atoms with Crippen molar-refractivity contribution in [3.8, 4) is 22.4 Å². The zero-order valence-corrected chi connectivity index (χ0v) is 18.2. The Kier molecular flexibility index (Phi) is 4.08. The molecule has 6 rings (SSSR count). The SMILES string of the molecule is Cc1ccc2cc(-c3cc(-c4cccc5c4oc4nc(C)ccc45)ncc3C)ccc2n1. The Hall–Kier alpha value is -4.05. The predicted octanol–water partition coefficient (Wildman–Crippen LogP) is 7.18. The van der Waals surface area contributed by atoms with Gasteiger partial charge in [0.2, 0.25) is 5.71 Å². The van der Waals surface area contributed by atoms with Crippen molar-refractivity contribution in [1.29, 1.82) is 0 Å². The molecule has 0 spiro atoms. The minimum Gasteiger partial charge on any atom is -0.437 e. The lowest BCUT2D eigenvalue weighted by Gasteiger charge is -2.10. The fraction of sp³-hybridized carbons (Fsp3) is 0.107. The van der Waals surface area contributed by atoms with Gasteiger partial charge in [-0.1, -0.05) is 24.3 Å². The van der Waals surface area contributed by atoms with Crippen LogP contribution >= 0.6 is 0 Å². The van der Waals surface area contributed by atoms with Crippen LogP contribution in [0.15, 0.2) is 77.3 Å². The first-order chi connectivity index (χ1) is 15.6. The number of benzene rings is 2. The van der Waals surface area contributed by atoms with Crippen LogP contribution in [0.4, 0.5) is 0 Å². The Morgan fingerprint density at radius 2 is 1.56 bits per heavy atom. The lowest BCUT2D eigenvalue weighted by molar-refractivity contribution is 0.653. The molecule has 0 amide bonds. The summed E-state index contributed by atoms with van der Waals surface area (Å²) in [6.07, 6.45) is 1.94. The molecule has 0 radical (unpaired) electrons. The van der Waals surface area contributed by atoms with E-state index in [1.807, 2.05) is 26.1 Å². The van der Waals surface area contributed by atoms with Crippen LogP contribution in [0.5, 0.6) is 0 Å². The third kappa shape index (κ3) is 2.95. The molecule has 0 N–H and O–H groups in total. The number of furan rings is 1. The standard InChI is InChI=1S/C28H21N3O/c1-16-15-29-26(14-24(16)19-10-12-25-20(13-19)9-7-17(2)30-25)23-6-4-5-21-22-11-8-18(3)31-28(22)32-27(21)23/h4-15H,1-3H3. The number of fused-ring (bicyclic) bond motifs is 4. The van der Waals surface area contributed by atoms with Crippen molar-refractivity contribution in [2.24, 2.45) is 0 Å². The molecule has 32 heavy (non-hydrogen) atoms. The van der Waals surface area contributed by atoms with Crippen molar-refractivity contribution < 1.29 is 4.42 Å². The molecule has 154 valence electrons. The van der Waals surface area contributed by atoms with E-state index in [1.54, 1.807) is 0 Å². The van der Waals surface area contributed by atoms with Crippen molar-refractivity contribution in [1.82, 2.24) is 15.0 Å². The van der Waals surface area contributed by atoms with Crippen LogP contribution in [0.3, 0.4) is 0 Å². The summed E-state index contributed by atoms with van der Waals surface area (Å²) >= 11 is 0. The molecule has 0 saturated heterocycles. The van der Waals surface area contributed by atoms with Crippen LogP contribution in [0.1, 0.15) is 17.0 Å². The molecule has 0 aliphatic rings. The second kappa shape index (κ2) is 6.99. The first-order valence-corrected chi connectivity index (χ1v) is 10.7. The van der Waals surface area contributed by atoms with E-state index in [4.69, 9.17) is 9.40 Å². The molecule has 4 heteroatoms. The van der Waals surface area contributed by atoms with Gasteiger partial charge in [-0.25, -0.2) is 4.98 Å². The zero-order chi connectivity index (χ0) is 21.8. The highest BCUT2D eigenvalue weighted by molar-refractivity contribution is 6.08. The maximum absolute atomic E-state index is 6.20. The van der Waals surface area contributed by atoms with E-state index in [0.717, 1.165) is 66.6 Å². The van der Waals surface area contributed by atoms with Gasteiger partial charge in [0, 0.05) is 39.3 Å². The second-order valence-electron chi connectivity index (χ2n) is 8.33. The largest absolute Gasteiger partial charge is 0.437 e. The molecule has 0 unspecified atom stereocenters. The maximum Gasteiger partial charge on any atom is 0.227 e. The Bertz CT molecular complexity index is 1660. The minimum atomic E-state index is 0.664. The first kappa shape index (κ1) is 18.7. The van der Waals surface area contributed by atoms with Gasteiger partial charge in [-0.3, -0.25) is 9.97 Å². The maximum atomic E-state index is 6.20. The lowest BCUT2D eigenvalue weighted by Crippen LogP contribution is -1.91. The summed E-state index contributed by atoms with van der Waals surface area (Å²) in [5.74, 6) is 0. The number of aromatic nitrogens is 3. The van der Waals surface area contributed by atoms with Crippen LogP contribution in [0, 0.1) is 20.8 Å². The molecular weight excluding hydrogens is 394 g/mol. The van der Waals surface area contributed by atoms with Crippen molar-refractivity contribution >= 4 is 33.0 Å². The van der Waals surface area contributed by atoms with E-state index in [1.165, 1.54) is 0 Å². The third-order valence-corrected chi connectivity index (χ3v) is 6.02. The van der Waals surface area contributed by atoms with E-state index in [-0.39, 0.29) is 0 Å². The molecule has 0 bridgehead atoms. The molecule has 2 aromatic carbocycles. The molecule has 4 aromatic heterocycles. The quantitative estimate of drug-likeness (QED) is 0.300. The molecule has 0 aliphatic carbocycles. The van der Waals surface area contributed by atoms with Gasteiger partial charge in [0.05, 0.1) is 11.2 Å². The molecule has 4 nitrogen and oxygen atoms in total. The summed E-state index contributed by atoms with van der Waals surface area (Å²) in [5.41, 5.74) is 9.74. The fourth-order valence-electron chi connectivity index (χ4n) is 4.35. The highest BCUT2D eigenvalue weighted by Gasteiger charge is 2.15. The highest BCUT2D eigenvalue weighted by Crippen LogP contribution is 2.36. The summed E-state index contributed by atoms with van der Waals surface area (Å²) in [4.78, 5) is 14.0. The Morgan fingerprint density at radius 1 is 0.719 bits per heavy atom. The Morgan fingerprint density at radius 3 is 2.47 bits per heavy atom. The predicted molar refractivity (Wildman–Crippen MR) is 130 cm³/mol. The summed E-state index contributed by atoms with van der Waals surface area (Å²) in [7, 11) is 0. The van der Waals surface area contributed by atoms with Gasteiger partial charge in [-0.15, -0.1) is 0 Å². The van der Waals surface area contributed by atoms with Gasteiger partial charge in [0.15, 0.2) is 0 Å². The molecule has 0 saturated carbocycles. The van der Waals surface area contributed by atoms with Gasteiger partial charge in [0.1, 0.15) is 5.58 Å². The smallest absolute Gasteiger partial charge is 0.227 e. The van der Waals surface area contributed by atoms with Crippen molar-refractivity contribution in [2.45, 2.75) is 20.8 Å². The number of para-hydroxylation sites is 1. The first-order valence-electron chi connectivity index (χ1n) is 10.7. The normalized spacial score (nSPS) is 11.6. The third-order valence-electron chi connectivity index (χ3n) is 6.02. The average molecular weight is 415 g/mol. The van der Waals surface area contributed by atoms with E-state index in [9.17, 15) is 0 Å². The van der Waals surface area contributed by atoms with Crippen molar-refractivity contribution in [2.75, 3.05) is 0 Å². The van der Waals surface area contributed by atoms with E-state index >= 15 is 0 Å². The van der Waals surface area contributed by atoms with E-state index in [2.05, 4.69) is 77.6 Å². The number of hydrogen-bond acceptors (Lipinski definition) is 4. The minimum absolute atomic E-state index is 0.664. The highest BCUT2D eigenvalue weighted by atomic mass is 16.3. The molecule has 0 atom stereocenters. The summed E-state index contributed by atoms with van der Waals surface area (Å²) in [5, 5.41) is 3.21. The van der Waals surface area contributed by atoms with Crippen LogP contribution in [-0.2, 0) is 0 Å². The number of hydrogen-bond donors (Lipinski definition) is 0. The number of nitrogens with zero attached hydrogens (tertiary/aromatic N) is 3. The molecule has 4 heterocycles. The fourth-order valence-corrected chi connectivity index (χ4v) is 4.35. The second-order valence-corrected chi connectivity index (χ2v) is 8.33. The monoisotopic (exact) mass is 415 g/mol. The van der Waals surface area contributed by atoms with Crippen LogP contribution in [0.25, 0.3) is 55.4 Å². The van der Waals surface area contributed by atoms with Crippen LogP contribution < -0.4 is 0 Å². The summed E-state index contributed by atoms with van der Waals surface area (Å²) in [6.45, 7) is 6.09. The zero-order valence-electron chi connectivity index (χ0n) is 18.2. The van der Waals surface area contributed by atoms with Crippen molar-refractivity contribution in [3.05, 3.63) is 89.9 Å². The Balaban J connectivity index is 1.54. The van der Waals surface area contributed by atoms with Gasteiger partial charge in [-0.2, -0.15) is 0 Å².